The van der Waals surface area contributed by atoms with Crippen LogP contribution in [0.2, 0.25) is 5.02 Å². The number of fused-ring (bicyclic) bond motifs is 2. The van der Waals surface area contributed by atoms with E-state index in [0.717, 1.165) is 6.07 Å². The Morgan fingerprint density at radius 1 is 1.08 bits per heavy atom. The third-order valence-electron chi connectivity index (χ3n) is 7.51. The van der Waals surface area contributed by atoms with Gasteiger partial charge in [0.15, 0.2) is 27.3 Å². The Morgan fingerprint density at radius 3 is 2.28 bits per heavy atom. The van der Waals surface area contributed by atoms with Gasteiger partial charge in [-0.3, -0.25) is 4.79 Å². The molecule has 3 aliphatic carbocycles. The normalized spacial score (nSPS) is 26.0. The number of hydrogen-bond donors (Lipinski definition) is 5. The number of amides is 1. The molecular weight excluding hydrogens is 567 g/mol. The zero-order chi connectivity index (χ0) is 28.7. The van der Waals surface area contributed by atoms with Gasteiger partial charge in [-0.05, 0) is 49.3 Å². The van der Waals surface area contributed by atoms with Gasteiger partial charge in [0, 0.05) is 23.4 Å². The fourth-order valence-corrected chi connectivity index (χ4v) is 7.60. The summed E-state index contributed by atoms with van der Waals surface area (Å²) in [6, 6.07) is 4.64. The molecule has 14 heteroatoms. The molecule has 0 spiro atoms. The molecule has 214 valence electrons. The molecule has 0 aliphatic heterocycles. The van der Waals surface area contributed by atoms with Crippen LogP contribution in [0, 0.1) is 29.3 Å². The number of aliphatic hydroxyl groups is 4. The molecular formula is C25H27ClF3NO8S. The zero-order valence-corrected chi connectivity index (χ0v) is 21.9. The smallest absolute Gasteiger partial charge is 0.255 e. The van der Waals surface area contributed by atoms with Crippen LogP contribution in [0.15, 0.2) is 35.2 Å². The van der Waals surface area contributed by atoms with Crippen molar-refractivity contribution in [3.05, 3.63) is 58.4 Å². The summed E-state index contributed by atoms with van der Waals surface area (Å²) in [5.41, 5.74) is -1.86. The maximum atomic E-state index is 13.5. The van der Waals surface area contributed by atoms with Gasteiger partial charge in [0.1, 0.15) is 12.2 Å². The van der Waals surface area contributed by atoms with Crippen LogP contribution in [0.4, 0.5) is 18.9 Å². The van der Waals surface area contributed by atoms with Gasteiger partial charge in [-0.25, -0.2) is 21.6 Å². The van der Waals surface area contributed by atoms with Gasteiger partial charge in [0.05, 0.1) is 40.6 Å². The van der Waals surface area contributed by atoms with E-state index in [1.807, 2.05) is 0 Å². The minimum atomic E-state index is -4.08. The number of carbonyl (C=O) groups is 1. The molecule has 0 radical (unpaired) electrons. The van der Waals surface area contributed by atoms with E-state index < -0.39 is 74.7 Å². The van der Waals surface area contributed by atoms with Crippen LogP contribution in [0.25, 0.3) is 0 Å². The summed E-state index contributed by atoms with van der Waals surface area (Å²) >= 11 is 6.18. The molecule has 0 aromatic heterocycles. The minimum Gasteiger partial charge on any atom is -0.394 e. The molecule has 3 unspecified atom stereocenters. The molecule has 4 atom stereocenters. The number of rotatable bonds is 10. The van der Waals surface area contributed by atoms with Crippen molar-refractivity contribution >= 4 is 33.0 Å². The third kappa shape index (κ3) is 5.80. The minimum absolute atomic E-state index is 0.0847. The highest BCUT2D eigenvalue weighted by Gasteiger charge is 2.60. The summed E-state index contributed by atoms with van der Waals surface area (Å²) in [6.07, 6.45) is -2.01. The van der Waals surface area contributed by atoms with Gasteiger partial charge >= 0.3 is 0 Å². The van der Waals surface area contributed by atoms with Crippen LogP contribution < -0.4 is 5.32 Å². The lowest BCUT2D eigenvalue weighted by molar-refractivity contribution is -0.212. The van der Waals surface area contributed by atoms with Crippen LogP contribution in [0.1, 0.15) is 29.6 Å². The second kappa shape index (κ2) is 11.3. The number of benzene rings is 2. The van der Waals surface area contributed by atoms with Crippen molar-refractivity contribution in [3.8, 4) is 0 Å². The molecule has 3 fully saturated rings. The molecule has 5 rings (SSSR count). The molecule has 1 amide bonds. The number of carbonyl (C=O) groups excluding carboxylic acids is 1. The zero-order valence-electron chi connectivity index (χ0n) is 20.4. The summed E-state index contributed by atoms with van der Waals surface area (Å²) in [7, 11) is -4.08. The fraction of sp³-hybridized carbons (Fsp3) is 0.480. The van der Waals surface area contributed by atoms with Gasteiger partial charge in [0.25, 0.3) is 5.91 Å². The number of halogens is 4. The highest BCUT2D eigenvalue weighted by Crippen LogP contribution is 2.55. The lowest BCUT2D eigenvalue weighted by Gasteiger charge is -2.58. The maximum Gasteiger partial charge on any atom is 0.255 e. The molecule has 0 saturated heterocycles. The van der Waals surface area contributed by atoms with E-state index >= 15 is 0 Å². The average molecular weight is 594 g/mol. The number of aliphatic hydroxyl groups excluding tert-OH is 3. The summed E-state index contributed by atoms with van der Waals surface area (Å²) in [6.45, 7) is -1.17. The van der Waals surface area contributed by atoms with Crippen LogP contribution >= 0.6 is 11.6 Å². The SMILES string of the molecule is O=C(Nc1cc(F)c(F)c(F)c1)c1ccc(Cl)c(S(=O)(=O)C2CC3CC(C2)C3(O)COC[C@H](O)C(O)CO)c1. The molecule has 3 aliphatic rings. The van der Waals surface area contributed by atoms with Crippen molar-refractivity contribution in [1.29, 1.82) is 0 Å². The largest absolute Gasteiger partial charge is 0.394 e. The Morgan fingerprint density at radius 2 is 1.69 bits per heavy atom. The third-order valence-corrected chi connectivity index (χ3v) is 10.2. The van der Waals surface area contributed by atoms with Crippen molar-refractivity contribution in [1.82, 2.24) is 0 Å². The molecule has 2 bridgehead atoms. The van der Waals surface area contributed by atoms with Crippen LogP contribution in [-0.2, 0) is 14.6 Å². The predicted octanol–water partition coefficient (Wildman–Crippen LogP) is 2.04. The van der Waals surface area contributed by atoms with Gasteiger partial charge in [-0.2, -0.15) is 0 Å². The lowest BCUT2D eigenvalue weighted by Crippen LogP contribution is -2.64. The fourth-order valence-electron chi connectivity index (χ4n) is 5.19. The van der Waals surface area contributed by atoms with E-state index in [-0.39, 0.29) is 47.2 Å². The number of nitrogens with one attached hydrogen (secondary N) is 1. The highest BCUT2D eigenvalue weighted by molar-refractivity contribution is 7.92. The number of anilines is 1. The number of ether oxygens (including phenoxy) is 1. The topological polar surface area (TPSA) is 153 Å². The first-order valence-corrected chi connectivity index (χ1v) is 14.0. The summed E-state index contributed by atoms with van der Waals surface area (Å²) in [5, 5.41) is 40.2. The Labute approximate surface area is 227 Å². The van der Waals surface area contributed by atoms with Crippen LogP contribution in [0.3, 0.4) is 0 Å². The van der Waals surface area contributed by atoms with E-state index in [4.69, 9.17) is 21.4 Å². The van der Waals surface area contributed by atoms with Gasteiger partial charge in [0.2, 0.25) is 0 Å². The van der Waals surface area contributed by atoms with E-state index in [2.05, 4.69) is 5.32 Å². The van der Waals surface area contributed by atoms with E-state index in [0.29, 0.717) is 18.6 Å². The van der Waals surface area contributed by atoms with E-state index in [9.17, 15) is 41.7 Å². The van der Waals surface area contributed by atoms with Crippen LogP contribution in [-0.4, -0.2) is 77.6 Å². The van der Waals surface area contributed by atoms with Crippen molar-refractivity contribution in [2.45, 2.75) is 47.2 Å². The summed E-state index contributed by atoms with van der Waals surface area (Å²) in [4.78, 5) is 12.3. The van der Waals surface area contributed by atoms with Crippen LogP contribution in [0.5, 0.6) is 0 Å². The Kier molecular flexibility index (Phi) is 8.62. The molecule has 2 aromatic rings. The van der Waals surface area contributed by atoms with Crippen molar-refractivity contribution < 1.29 is 51.5 Å². The average Bonchev–Trinajstić information content (AvgIpc) is 2.90. The van der Waals surface area contributed by atoms with Crippen molar-refractivity contribution in [2.24, 2.45) is 11.8 Å². The molecule has 0 heterocycles. The first-order valence-electron chi connectivity index (χ1n) is 12.0. The standard InChI is InChI=1S/C25H27ClF3NO8S/c26-17-2-1-12(24(34)30-15-7-18(27)23(29)19(28)8-15)3-22(17)39(36,37)16-5-13-4-14(6-16)25(13,35)11-38-10-21(33)20(32)9-31/h1-3,7-8,13-14,16,20-21,31-33,35H,4-6,9-11H2,(H,30,34)/t13?,14?,16?,20?,21-,25?/m0/s1. The summed E-state index contributed by atoms with van der Waals surface area (Å²) < 4.78 is 72.5. The molecule has 5 N–H and O–H groups in total. The van der Waals surface area contributed by atoms with Crippen molar-refractivity contribution in [3.63, 3.8) is 0 Å². The second-order valence-electron chi connectivity index (χ2n) is 9.94. The maximum absolute atomic E-state index is 13.5. The number of hydrogen-bond acceptors (Lipinski definition) is 8. The highest BCUT2D eigenvalue weighted by atomic mass is 35.5. The van der Waals surface area contributed by atoms with Crippen molar-refractivity contribution in [2.75, 3.05) is 25.1 Å². The van der Waals surface area contributed by atoms with Gasteiger partial charge in [-0.15, -0.1) is 0 Å². The molecule has 3 saturated carbocycles. The first kappa shape index (κ1) is 29.7. The van der Waals surface area contributed by atoms with Gasteiger partial charge in [-0.1, -0.05) is 11.6 Å². The number of sulfone groups is 1. The first-order chi connectivity index (χ1) is 18.3. The lowest BCUT2D eigenvalue weighted by atomic mass is 9.54. The summed E-state index contributed by atoms with van der Waals surface area (Å²) in [5.74, 6) is -6.47. The predicted molar refractivity (Wildman–Crippen MR) is 132 cm³/mol. The molecule has 39 heavy (non-hydrogen) atoms. The molecule has 9 nitrogen and oxygen atoms in total. The Hall–Kier alpha value is -2.26. The second-order valence-corrected chi connectivity index (χ2v) is 12.5. The quantitative estimate of drug-likeness (QED) is 0.262. The van der Waals surface area contributed by atoms with E-state index in [1.54, 1.807) is 0 Å². The monoisotopic (exact) mass is 593 g/mol. The Bertz CT molecular complexity index is 1330. The van der Waals surface area contributed by atoms with Gasteiger partial charge < -0.3 is 30.5 Å². The molecule has 2 aromatic carbocycles. The van der Waals surface area contributed by atoms with E-state index in [1.165, 1.54) is 12.1 Å². The Balaban J connectivity index is 1.45.